The molecule has 1 aromatic heterocycles. The third-order valence-electron chi connectivity index (χ3n) is 7.35. The van der Waals surface area contributed by atoms with E-state index in [1.54, 1.807) is 27.3 Å². The van der Waals surface area contributed by atoms with Crippen LogP contribution in [0.25, 0.3) is 16.6 Å². The number of aromatic nitrogens is 2. The minimum Gasteiger partial charge on any atom is -0.494 e. The summed E-state index contributed by atoms with van der Waals surface area (Å²) in [7, 11) is 0. The topological polar surface area (TPSA) is 76.5 Å². The van der Waals surface area contributed by atoms with E-state index in [1.165, 1.54) is 0 Å². The maximum absolute atomic E-state index is 14.1. The van der Waals surface area contributed by atoms with Gasteiger partial charge in [0.05, 0.1) is 29.2 Å². The maximum atomic E-state index is 14.1. The van der Waals surface area contributed by atoms with Gasteiger partial charge < -0.3 is 15.0 Å². The predicted molar refractivity (Wildman–Crippen MR) is 176 cm³/mol. The number of benzene rings is 4. The molecule has 1 unspecified atom stereocenters. The molecule has 1 heterocycles. The lowest BCUT2D eigenvalue weighted by Gasteiger charge is -2.32. The highest BCUT2D eigenvalue weighted by Gasteiger charge is 2.29. The molecule has 7 nitrogen and oxygen atoms in total. The molecular formula is C35H36N4O3S. The predicted octanol–water partition coefficient (Wildman–Crippen LogP) is 7.73. The van der Waals surface area contributed by atoms with Crippen LogP contribution in [0.15, 0.2) is 113 Å². The zero-order valence-electron chi connectivity index (χ0n) is 24.7. The molecule has 0 fully saturated rings. The monoisotopic (exact) mass is 592 g/mol. The van der Waals surface area contributed by atoms with Gasteiger partial charge in [-0.15, -0.1) is 11.8 Å². The number of nitrogens with zero attached hydrogens (tertiary/aromatic N) is 3. The van der Waals surface area contributed by atoms with Gasteiger partial charge in [-0.1, -0.05) is 49.4 Å². The van der Waals surface area contributed by atoms with E-state index in [1.807, 2.05) is 105 Å². The number of carbonyl (C=O) groups is 1. The van der Waals surface area contributed by atoms with Gasteiger partial charge in [0.15, 0.2) is 0 Å². The second-order valence-corrected chi connectivity index (χ2v) is 10.9. The Balaban J connectivity index is 1.61. The molecule has 0 bridgehead atoms. The van der Waals surface area contributed by atoms with E-state index in [4.69, 9.17) is 9.72 Å². The minimum atomic E-state index is -0.488. The van der Waals surface area contributed by atoms with E-state index >= 15 is 0 Å². The first-order valence-corrected chi connectivity index (χ1v) is 15.7. The summed E-state index contributed by atoms with van der Waals surface area (Å²) in [5.74, 6) is 1.23. The van der Waals surface area contributed by atoms with Crippen molar-refractivity contribution in [3.05, 3.63) is 125 Å². The number of anilines is 1. The average molecular weight is 593 g/mol. The Morgan fingerprint density at radius 2 is 1.63 bits per heavy atom. The van der Waals surface area contributed by atoms with E-state index in [2.05, 4.69) is 17.4 Å². The lowest BCUT2D eigenvalue weighted by atomic mass is 10.1. The van der Waals surface area contributed by atoms with Gasteiger partial charge in [-0.2, -0.15) is 0 Å². The number of ether oxygens (including phenoxy) is 1. The summed E-state index contributed by atoms with van der Waals surface area (Å²) in [5, 5.41) is 3.61. The van der Waals surface area contributed by atoms with Crippen LogP contribution < -0.4 is 15.6 Å². The number of hydrogen-bond donors (Lipinski definition) is 1. The molecule has 0 spiro atoms. The van der Waals surface area contributed by atoms with Crippen LogP contribution in [0.4, 0.5) is 10.5 Å². The Kier molecular flexibility index (Phi) is 9.79. The number of fused-ring (bicyclic) bond motifs is 1. The molecule has 8 heteroatoms. The number of rotatable bonds is 11. The number of nitrogens with one attached hydrogen (secondary N) is 1. The SMILES string of the molecule is CCOc1ccc(-n2c(C(CC)N(CCc3ccccc3)C(=O)Nc3ccc(SC)cc3)nc3ccccc3c2=O)cc1. The minimum absolute atomic E-state index is 0.181. The highest BCUT2D eigenvalue weighted by molar-refractivity contribution is 7.98. The standard InChI is InChI=1S/C35H36N4O3S/c1-4-32(38(24-23-25-11-7-6-8-12-25)35(41)36-26-15-21-29(43-3)22-16-26)33-37-31-14-10-9-13-30(31)34(40)39(33)27-17-19-28(20-18-27)42-5-2/h6-22,32H,4-5,23-24H2,1-3H3,(H,36,41). The molecule has 0 saturated heterocycles. The summed E-state index contributed by atoms with van der Waals surface area (Å²) >= 11 is 1.65. The Morgan fingerprint density at radius 3 is 2.30 bits per heavy atom. The Labute approximate surface area is 256 Å². The van der Waals surface area contributed by atoms with Gasteiger partial charge in [0.25, 0.3) is 5.56 Å². The molecule has 5 rings (SSSR count). The van der Waals surface area contributed by atoms with Gasteiger partial charge in [0.1, 0.15) is 11.6 Å². The van der Waals surface area contributed by atoms with Crippen molar-refractivity contribution in [2.75, 3.05) is 24.7 Å². The van der Waals surface area contributed by atoms with Crippen LogP contribution in [-0.4, -0.2) is 39.9 Å². The zero-order chi connectivity index (χ0) is 30.2. The summed E-state index contributed by atoms with van der Waals surface area (Å²) in [5.41, 5.74) is 2.90. The summed E-state index contributed by atoms with van der Waals surface area (Å²) < 4.78 is 7.29. The molecule has 2 amide bonds. The van der Waals surface area contributed by atoms with Crippen molar-refractivity contribution in [1.82, 2.24) is 14.5 Å². The van der Waals surface area contributed by atoms with Gasteiger partial charge in [0.2, 0.25) is 0 Å². The zero-order valence-corrected chi connectivity index (χ0v) is 25.5. The first-order chi connectivity index (χ1) is 21.0. The van der Waals surface area contributed by atoms with E-state index in [0.29, 0.717) is 54.1 Å². The van der Waals surface area contributed by atoms with Crippen LogP contribution in [0, 0.1) is 0 Å². The quantitative estimate of drug-likeness (QED) is 0.159. The van der Waals surface area contributed by atoms with E-state index in [9.17, 15) is 9.59 Å². The number of thioether (sulfide) groups is 1. The van der Waals surface area contributed by atoms with Crippen molar-refractivity contribution in [1.29, 1.82) is 0 Å². The normalized spacial score (nSPS) is 11.7. The largest absolute Gasteiger partial charge is 0.494 e. The fourth-order valence-electron chi connectivity index (χ4n) is 5.19. The van der Waals surface area contributed by atoms with Crippen LogP contribution in [-0.2, 0) is 6.42 Å². The van der Waals surface area contributed by atoms with Gasteiger partial charge >= 0.3 is 6.03 Å². The molecule has 0 aliphatic carbocycles. The number of urea groups is 1. The number of amides is 2. The molecule has 0 saturated carbocycles. The number of carbonyl (C=O) groups excluding carboxylic acids is 1. The van der Waals surface area contributed by atoms with Crippen LogP contribution in [0.5, 0.6) is 5.75 Å². The van der Waals surface area contributed by atoms with Crippen molar-refractivity contribution in [3.63, 3.8) is 0 Å². The first-order valence-electron chi connectivity index (χ1n) is 14.5. The Morgan fingerprint density at radius 1 is 0.930 bits per heavy atom. The van der Waals surface area contributed by atoms with Crippen molar-refractivity contribution < 1.29 is 9.53 Å². The molecule has 4 aromatic carbocycles. The van der Waals surface area contributed by atoms with Crippen molar-refractivity contribution in [2.24, 2.45) is 0 Å². The first kappa shape index (κ1) is 29.9. The van der Waals surface area contributed by atoms with Gasteiger partial charge in [-0.25, -0.2) is 9.78 Å². The molecule has 5 aromatic rings. The van der Waals surface area contributed by atoms with Gasteiger partial charge in [0, 0.05) is 17.1 Å². The number of para-hydroxylation sites is 1. The van der Waals surface area contributed by atoms with E-state index < -0.39 is 6.04 Å². The average Bonchev–Trinajstić information content (AvgIpc) is 3.04. The summed E-state index contributed by atoms with van der Waals surface area (Å²) in [6.45, 7) is 4.93. The second-order valence-electron chi connectivity index (χ2n) is 10.1. The fraction of sp³-hybridized carbons (Fsp3) is 0.229. The third-order valence-corrected chi connectivity index (χ3v) is 8.10. The lowest BCUT2D eigenvalue weighted by Crippen LogP contribution is -2.42. The summed E-state index contributed by atoms with van der Waals surface area (Å²) in [4.78, 5) is 36.1. The van der Waals surface area contributed by atoms with Crippen LogP contribution in [0.3, 0.4) is 0 Å². The maximum Gasteiger partial charge on any atom is 0.322 e. The molecule has 0 aliphatic rings. The molecule has 0 aliphatic heterocycles. The van der Waals surface area contributed by atoms with Crippen molar-refractivity contribution in [3.8, 4) is 11.4 Å². The Bertz CT molecular complexity index is 1720. The fourth-order valence-corrected chi connectivity index (χ4v) is 5.59. The molecule has 43 heavy (non-hydrogen) atoms. The number of hydrogen-bond acceptors (Lipinski definition) is 5. The van der Waals surface area contributed by atoms with Crippen LogP contribution >= 0.6 is 11.8 Å². The smallest absolute Gasteiger partial charge is 0.322 e. The van der Waals surface area contributed by atoms with Crippen LogP contribution in [0.2, 0.25) is 0 Å². The molecule has 1 atom stereocenters. The third kappa shape index (κ3) is 6.92. The summed E-state index contributed by atoms with van der Waals surface area (Å²) in [6.07, 6.45) is 3.22. The molecule has 1 N–H and O–H groups in total. The van der Waals surface area contributed by atoms with E-state index in [-0.39, 0.29) is 11.6 Å². The van der Waals surface area contributed by atoms with Crippen molar-refractivity contribution >= 4 is 34.4 Å². The molecular weight excluding hydrogens is 556 g/mol. The van der Waals surface area contributed by atoms with Crippen LogP contribution in [0.1, 0.15) is 37.7 Å². The summed E-state index contributed by atoms with van der Waals surface area (Å²) in [6, 6.07) is 31.9. The molecule has 220 valence electrons. The van der Waals surface area contributed by atoms with Crippen molar-refractivity contribution in [2.45, 2.75) is 37.6 Å². The second kappa shape index (κ2) is 14.1. The van der Waals surface area contributed by atoms with E-state index in [0.717, 1.165) is 16.2 Å². The highest BCUT2D eigenvalue weighted by atomic mass is 32.2. The van der Waals surface area contributed by atoms with Gasteiger partial charge in [-0.3, -0.25) is 9.36 Å². The lowest BCUT2D eigenvalue weighted by molar-refractivity contribution is 0.182. The Hall–Kier alpha value is -4.56. The highest BCUT2D eigenvalue weighted by Crippen LogP contribution is 2.28. The molecule has 0 radical (unpaired) electrons. The van der Waals surface area contributed by atoms with Gasteiger partial charge in [-0.05, 0) is 92.2 Å².